The van der Waals surface area contributed by atoms with Crippen molar-refractivity contribution in [3.05, 3.63) is 72.1 Å². The van der Waals surface area contributed by atoms with Gasteiger partial charge in [-0.05, 0) is 56.3 Å². The van der Waals surface area contributed by atoms with Crippen LogP contribution in [0.25, 0.3) is 5.69 Å². The lowest BCUT2D eigenvalue weighted by Crippen LogP contribution is -2.46. The third-order valence-corrected chi connectivity index (χ3v) is 5.32. The number of para-hydroxylation sites is 2. The Morgan fingerprint density at radius 2 is 1.93 bits per heavy atom. The summed E-state index contributed by atoms with van der Waals surface area (Å²) < 4.78 is 8.01. The quantitative estimate of drug-likeness (QED) is 0.669. The summed E-state index contributed by atoms with van der Waals surface area (Å²) in [5, 5.41) is 4.31. The van der Waals surface area contributed by atoms with E-state index in [1.165, 1.54) is 0 Å². The summed E-state index contributed by atoms with van der Waals surface area (Å²) in [7, 11) is 1.83. The van der Waals surface area contributed by atoms with Crippen molar-refractivity contribution in [2.45, 2.75) is 20.0 Å². The maximum absolute atomic E-state index is 12.9. The van der Waals surface area contributed by atoms with Crippen molar-refractivity contribution in [1.82, 2.24) is 14.7 Å². The first-order valence-electron chi connectivity index (χ1n) is 9.94. The molecule has 0 fully saturated rings. The van der Waals surface area contributed by atoms with Crippen molar-refractivity contribution in [2.24, 2.45) is 0 Å². The van der Waals surface area contributed by atoms with Crippen LogP contribution in [0.15, 0.2) is 60.8 Å². The van der Waals surface area contributed by atoms with E-state index in [-0.39, 0.29) is 12.0 Å². The number of nitrogens with zero attached hydrogens (tertiary/aromatic N) is 4. The first kappa shape index (κ1) is 19.1. The zero-order valence-corrected chi connectivity index (χ0v) is 17.1. The zero-order valence-electron chi connectivity index (χ0n) is 17.1. The van der Waals surface area contributed by atoms with E-state index in [1.807, 2.05) is 67.2 Å². The highest BCUT2D eigenvalue weighted by molar-refractivity contribution is 5.94. The predicted molar refractivity (Wildman–Crippen MR) is 114 cm³/mol. The third kappa shape index (κ3) is 3.83. The van der Waals surface area contributed by atoms with Gasteiger partial charge in [0.05, 0.1) is 24.5 Å². The summed E-state index contributed by atoms with van der Waals surface area (Å²) in [6.45, 7) is 6.34. The van der Waals surface area contributed by atoms with Gasteiger partial charge in [0.2, 0.25) is 0 Å². The second-order valence-corrected chi connectivity index (χ2v) is 7.36. The van der Waals surface area contributed by atoms with E-state index in [0.717, 1.165) is 35.9 Å². The number of hydrogen-bond acceptors (Lipinski definition) is 4. The number of benzene rings is 2. The molecule has 0 bridgehead atoms. The summed E-state index contributed by atoms with van der Waals surface area (Å²) in [6, 6.07) is 17.6. The smallest absolute Gasteiger partial charge is 0.253 e. The van der Waals surface area contributed by atoms with Gasteiger partial charge < -0.3 is 14.5 Å². The lowest BCUT2D eigenvalue weighted by atomic mass is 10.1. The monoisotopic (exact) mass is 390 g/mol. The molecule has 6 heteroatoms. The second kappa shape index (κ2) is 7.99. The number of anilines is 1. The highest BCUT2D eigenvalue weighted by Crippen LogP contribution is 2.32. The van der Waals surface area contributed by atoms with Crippen LogP contribution in [0.3, 0.4) is 0 Å². The van der Waals surface area contributed by atoms with E-state index >= 15 is 0 Å². The van der Waals surface area contributed by atoms with E-state index in [0.29, 0.717) is 12.1 Å². The fourth-order valence-corrected chi connectivity index (χ4v) is 3.77. The van der Waals surface area contributed by atoms with E-state index in [9.17, 15) is 4.79 Å². The van der Waals surface area contributed by atoms with Gasteiger partial charge in [-0.25, -0.2) is 4.68 Å². The molecule has 3 aromatic rings. The minimum absolute atomic E-state index is 0.0146. The maximum Gasteiger partial charge on any atom is 0.253 e. The number of fused-ring (bicyclic) bond motifs is 1. The van der Waals surface area contributed by atoms with E-state index in [2.05, 4.69) is 23.0 Å². The molecule has 1 amide bonds. The first-order chi connectivity index (χ1) is 14.1. The molecule has 29 heavy (non-hydrogen) atoms. The van der Waals surface area contributed by atoms with Gasteiger partial charge in [-0.1, -0.05) is 12.1 Å². The lowest BCUT2D eigenvalue weighted by Gasteiger charge is -2.37. The molecule has 2 aromatic carbocycles. The summed E-state index contributed by atoms with van der Waals surface area (Å²) in [4.78, 5) is 16.9. The molecule has 150 valence electrons. The minimum Gasteiger partial charge on any atom is -0.485 e. The Balaban J connectivity index is 1.44. The van der Waals surface area contributed by atoms with Crippen molar-refractivity contribution < 1.29 is 9.53 Å². The van der Waals surface area contributed by atoms with Crippen LogP contribution in [0.2, 0.25) is 0 Å². The molecule has 1 atom stereocenters. The summed E-state index contributed by atoms with van der Waals surface area (Å²) >= 11 is 0. The van der Waals surface area contributed by atoms with Crippen LogP contribution in [-0.2, 0) is 0 Å². The van der Waals surface area contributed by atoms with E-state index < -0.39 is 0 Å². The third-order valence-electron chi connectivity index (χ3n) is 5.32. The number of aromatic nitrogens is 2. The lowest BCUT2D eigenvalue weighted by molar-refractivity contribution is 0.0709. The number of carbonyl (C=O) groups excluding carboxylic acids is 1. The highest BCUT2D eigenvalue weighted by Gasteiger charge is 2.27. The topological polar surface area (TPSA) is 50.6 Å². The number of rotatable bonds is 5. The fourth-order valence-electron chi connectivity index (χ4n) is 3.77. The average Bonchev–Trinajstić information content (AvgIpc) is 3.18. The van der Waals surface area contributed by atoms with Crippen molar-refractivity contribution in [1.29, 1.82) is 0 Å². The molecule has 0 spiro atoms. The summed E-state index contributed by atoms with van der Waals surface area (Å²) in [6.07, 6.45) is 1.70. The van der Waals surface area contributed by atoms with E-state index in [1.54, 1.807) is 11.1 Å². The van der Waals surface area contributed by atoms with Crippen LogP contribution >= 0.6 is 0 Å². The molecule has 1 aliphatic rings. The van der Waals surface area contributed by atoms with Gasteiger partial charge in [0, 0.05) is 31.0 Å². The number of hydrogen-bond donors (Lipinski definition) is 0. The average molecular weight is 390 g/mol. The number of likely N-dealkylation sites (N-methyl/N-ethyl adjacent to an activating group) is 2. The Kier molecular flexibility index (Phi) is 5.25. The Morgan fingerprint density at radius 3 is 2.62 bits per heavy atom. The minimum atomic E-state index is -0.0650. The van der Waals surface area contributed by atoms with Gasteiger partial charge in [-0.3, -0.25) is 4.79 Å². The normalized spacial score (nSPS) is 15.6. The van der Waals surface area contributed by atoms with Crippen molar-refractivity contribution in [2.75, 3.05) is 31.6 Å². The molecule has 0 unspecified atom stereocenters. The molecule has 0 N–H and O–H groups in total. The van der Waals surface area contributed by atoms with Gasteiger partial charge >= 0.3 is 0 Å². The summed E-state index contributed by atoms with van der Waals surface area (Å²) in [5.74, 6) is 0.865. The molecule has 0 radical (unpaired) electrons. The SMILES string of the molecule is CCN1C[C@@H](CN(C)C(=O)c2ccc(-n3nccc3C)cc2)Oc2ccccc21. The molecular formula is C23H26N4O2. The summed E-state index contributed by atoms with van der Waals surface area (Å²) in [5.41, 5.74) is 3.77. The standard InChI is InChI=1S/C23H26N4O2/c1-4-26-16-20(29-22-8-6-5-7-21(22)26)15-25(3)23(28)18-9-11-19(12-10-18)27-17(2)13-14-24-27/h5-14,20H,4,15-16H2,1-3H3/t20-/m1/s1. The van der Waals surface area contributed by atoms with Crippen LogP contribution < -0.4 is 9.64 Å². The first-order valence-corrected chi connectivity index (χ1v) is 9.94. The van der Waals surface area contributed by atoms with Gasteiger partial charge in [0.15, 0.2) is 0 Å². The molecule has 0 saturated heterocycles. The molecule has 0 saturated carbocycles. The molecular weight excluding hydrogens is 364 g/mol. The largest absolute Gasteiger partial charge is 0.485 e. The molecule has 0 aliphatic carbocycles. The molecule has 6 nitrogen and oxygen atoms in total. The zero-order chi connectivity index (χ0) is 20.4. The van der Waals surface area contributed by atoms with Crippen molar-refractivity contribution >= 4 is 11.6 Å². The van der Waals surface area contributed by atoms with E-state index in [4.69, 9.17) is 4.74 Å². The molecule has 1 aliphatic heterocycles. The van der Waals surface area contributed by atoms with Gasteiger partial charge in [0.1, 0.15) is 11.9 Å². The Labute approximate surface area is 171 Å². The van der Waals surface area contributed by atoms with Gasteiger partial charge in [0.25, 0.3) is 5.91 Å². The molecule has 4 rings (SSSR count). The fraction of sp³-hybridized carbons (Fsp3) is 0.304. The number of carbonyl (C=O) groups is 1. The van der Waals surface area contributed by atoms with Crippen LogP contribution in [-0.4, -0.2) is 53.4 Å². The Bertz CT molecular complexity index is 996. The number of ether oxygens (including phenoxy) is 1. The Morgan fingerprint density at radius 1 is 1.17 bits per heavy atom. The second-order valence-electron chi connectivity index (χ2n) is 7.36. The number of amides is 1. The number of aryl methyl sites for hydroxylation is 1. The highest BCUT2D eigenvalue weighted by atomic mass is 16.5. The van der Waals surface area contributed by atoms with Crippen LogP contribution in [0.1, 0.15) is 23.0 Å². The molecule has 1 aromatic heterocycles. The predicted octanol–water partition coefficient (Wildman–Crippen LogP) is 3.54. The van der Waals surface area contributed by atoms with Crippen molar-refractivity contribution in [3.63, 3.8) is 0 Å². The van der Waals surface area contributed by atoms with Crippen molar-refractivity contribution in [3.8, 4) is 11.4 Å². The van der Waals surface area contributed by atoms with Gasteiger partial charge in [-0.2, -0.15) is 5.10 Å². The van der Waals surface area contributed by atoms with Gasteiger partial charge in [-0.15, -0.1) is 0 Å². The Hall–Kier alpha value is -3.28. The van der Waals surface area contributed by atoms with Crippen LogP contribution in [0.4, 0.5) is 5.69 Å². The van der Waals surface area contributed by atoms with Crippen LogP contribution in [0, 0.1) is 6.92 Å². The van der Waals surface area contributed by atoms with Crippen LogP contribution in [0.5, 0.6) is 5.75 Å². The maximum atomic E-state index is 12.9. The molecule has 2 heterocycles.